The molecule has 2 aliphatic heterocycles. The number of halogens is 1. The molecule has 0 spiro atoms. The third-order valence-electron chi connectivity index (χ3n) is 12.4. The van der Waals surface area contributed by atoms with E-state index in [1.807, 2.05) is 58.9 Å². The van der Waals surface area contributed by atoms with Crippen LogP contribution in [0.25, 0.3) is 0 Å². The van der Waals surface area contributed by atoms with Gasteiger partial charge < -0.3 is 56.0 Å². The molecule has 7 N–H and O–H groups in total. The number of amides is 5. The Morgan fingerprint density at radius 3 is 2.19 bits per heavy atom. The van der Waals surface area contributed by atoms with E-state index in [0.29, 0.717) is 27.6 Å². The molecule has 1 saturated heterocycles. The topological polar surface area (TPSA) is 255 Å². The lowest BCUT2D eigenvalue weighted by Gasteiger charge is -2.29. The Kier molecular flexibility index (Phi) is 20.2. The first-order valence-electron chi connectivity index (χ1n) is 24.1. The first-order valence-corrected chi connectivity index (χ1v) is 24.5. The van der Waals surface area contributed by atoms with Crippen LogP contribution in [0.1, 0.15) is 96.6 Å². The molecule has 390 valence electrons. The van der Waals surface area contributed by atoms with Crippen molar-refractivity contribution in [3.8, 4) is 5.75 Å². The third-order valence-corrected chi connectivity index (χ3v) is 12.7. The maximum Gasteiger partial charge on any atom is 0.407 e. The zero-order valence-corrected chi connectivity index (χ0v) is 43.1. The van der Waals surface area contributed by atoms with Crippen molar-refractivity contribution in [2.24, 2.45) is 28.9 Å². The summed E-state index contributed by atoms with van der Waals surface area (Å²) in [6.07, 6.45) is -0.137. The van der Waals surface area contributed by atoms with E-state index in [-0.39, 0.29) is 68.9 Å². The van der Waals surface area contributed by atoms with Crippen LogP contribution in [-0.2, 0) is 67.3 Å². The number of epoxide rings is 1. The molecule has 18 nitrogen and oxygen atoms in total. The van der Waals surface area contributed by atoms with Gasteiger partial charge >= 0.3 is 18.0 Å². The highest BCUT2D eigenvalue weighted by molar-refractivity contribution is 6.32. The summed E-state index contributed by atoms with van der Waals surface area (Å²) in [7, 11) is 1.49. The second-order valence-electron chi connectivity index (χ2n) is 19.7. The SMILES string of the molecule is COc1ccc(C[C@H]2NC(=O)/C=C/C[C@@H]([C@H](C)[C@H]3O[C@@H]3c3ccc(CNC(=O)OCc4ccc(NC(=O)[C@H](C)NC(=O)[C@@H](N)C(C)C)cc4)cc3)OC(=O)[C@H](CC(C)C)OC(=O)C(C)(C)CNC2=O)cc1Cl. The van der Waals surface area contributed by atoms with Gasteiger partial charge in [-0.1, -0.05) is 94.8 Å². The quantitative estimate of drug-likeness (QED) is 0.0518. The minimum atomic E-state index is -1.26. The molecule has 2 aliphatic rings. The van der Waals surface area contributed by atoms with Crippen LogP contribution in [0.2, 0.25) is 5.02 Å². The van der Waals surface area contributed by atoms with E-state index in [0.717, 1.165) is 11.1 Å². The normalized spacial score (nSPS) is 22.2. The average molecular weight is 1020 g/mol. The van der Waals surface area contributed by atoms with Gasteiger partial charge in [0.05, 0.1) is 29.7 Å². The molecule has 1 fully saturated rings. The summed E-state index contributed by atoms with van der Waals surface area (Å²) in [5.74, 6) is -3.40. The summed E-state index contributed by atoms with van der Waals surface area (Å²) in [6.45, 7) is 14.1. The van der Waals surface area contributed by atoms with Gasteiger partial charge in [0.1, 0.15) is 36.6 Å². The van der Waals surface area contributed by atoms with Crippen LogP contribution in [-0.4, -0.2) is 91.8 Å². The molecule has 5 amide bonds. The summed E-state index contributed by atoms with van der Waals surface area (Å²) in [6, 6.07) is 16.7. The highest BCUT2D eigenvalue weighted by Gasteiger charge is 2.48. The average Bonchev–Trinajstić information content (AvgIpc) is 4.14. The molecule has 0 radical (unpaired) electrons. The summed E-state index contributed by atoms with van der Waals surface area (Å²) >= 11 is 6.37. The van der Waals surface area contributed by atoms with Crippen LogP contribution in [0.3, 0.4) is 0 Å². The second kappa shape index (κ2) is 25.7. The fraction of sp³-hybridized carbons (Fsp3) is 0.491. The smallest absolute Gasteiger partial charge is 0.407 e. The first kappa shape index (κ1) is 56.4. The van der Waals surface area contributed by atoms with Crippen molar-refractivity contribution in [2.45, 2.75) is 130 Å². The number of carbonyl (C=O) groups excluding carboxylic acids is 7. The Balaban J connectivity index is 1.18. The predicted octanol–water partition coefficient (Wildman–Crippen LogP) is 5.98. The molecule has 8 atom stereocenters. The molecule has 0 bridgehead atoms. The van der Waals surface area contributed by atoms with Crippen molar-refractivity contribution in [3.63, 3.8) is 0 Å². The van der Waals surface area contributed by atoms with E-state index in [1.54, 1.807) is 69.3 Å². The maximum absolute atomic E-state index is 13.9. The van der Waals surface area contributed by atoms with Crippen LogP contribution >= 0.6 is 11.6 Å². The second-order valence-corrected chi connectivity index (χ2v) is 20.1. The predicted molar refractivity (Wildman–Crippen MR) is 269 cm³/mol. The van der Waals surface area contributed by atoms with Gasteiger partial charge in [-0.2, -0.15) is 0 Å². The number of cyclic esters (lactones) is 2. The number of methoxy groups -OCH3 is 1. The van der Waals surface area contributed by atoms with Gasteiger partial charge in [0.15, 0.2) is 6.10 Å². The van der Waals surface area contributed by atoms with E-state index in [4.69, 9.17) is 41.0 Å². The number of anilines is 1. The fourth-order valence-corrected chi connectivity index (χ4v) is 7.91. The lowest BCUT2D eigenvalue weighted by atomic mass is 9.92. The Hall–Kier alpha value is -6.50. The van der Waals surface area contributed by atoms with Gasteiger partial charge in [0.25, 0.3) is 0 Å². The van der Waals surface area contributed by atoms with Gasteiger partial charge in [-0.15, -0.1) is 0 Å². The van der Waals surface area contributed by atoms with Gasteiger partial charge in [-0.3, -0.25) is 24.0 Å². The number of benzene rings is 3. The number of nitrogens with one attached hydrogen (secondary N) is 5. The number of alkyl carbamates (subject to hydrolysis) is 1. The van der Waals surface area contributed by atoms with Crippen LogP contribution in [0.5, 0.6) is 5.75 Å². The third kappa shape index (κ3) is 16.5. The van der Waals surface area contributed by atoms with Crippen molar-refractivity contribution in [1.29, 1.82) is 0 Å². The van der Waals surface area contributed by atoms with Gasteiger partial charge in [-0.05, 0) is 91.6 Å². The zero-order chi connectivity index (χ0) is 52.9. The lowest BCUT2D eigenvalue weighted by Crippen LogP contribution is -2.51. The Labute approximate surface area is 426 Å². The van der Waals surface area contributed by atoms with E-state index in [9.17, 15) is 33.6 Å². The summed E-state index contributed by atoms with van der Waals surface area (Å²) in [5, 5.41) is 14.0. The molecule has 3 aromatic carbocycles. The molecule has 0 saturated carbocycles. The number of hydrogen-bond acceptors (Lipinski definition) is 13. The minimum absolute atomic E-state index is 0.0151. The van der Waals surface area contributed by atoms with Gasteiger partial charge in [0, 0.05) is 37.5 Å². The van der Waals surface area contributed by atoms with Crippen LogP contribution < -0.4 is 37.1 Å². The molecular formula is C53H69ClN6O12. The van der Waals surface area contributed by atoms with E-state index in [1.165, 1.54) is 13.2 Å². The van der Waals surface area contributed by atoms with Gasteiger partial charge in [0.2, 0.25) is 23.6 Å². The number of nitrogens with two attached hydrogens (primary N) is 1. The zero-order valence-electron chi connectivity index (χ0n) is 42.4. The van der Waals surface area contributed by atoms with E-state index >= 15 is 0 Å². The number of ether oxygens (including phenoxy) is 5. The van der Waals surface area contributed by atoms with Crippen LogP contribution in [0.15, 0.2) is 78.9 Å². The van der Waals surface area contributed by atoms with Crippen molar-refractivity contribution in [2.75, 3.05) is 19.0 Å². The standard InChI is InChI=1S/C53H69ClN6O12/c1-29(2)23-42-50(65)70-40(11-10-12-43(61)60-39(25-35-17-22-41(68-9)38(54)24-35)48(63)57-28-53(7,8)51(66)71-42)31(5)45-46(72-45)36-18-13-33(14-19-36)26-56-52(67)69-27-34-15-20-37(21-16-34)59-47(62)32(6)58-49(64)44(55)30(3)4/h10,12-22,24,29-32,39-40,42,44-46H,11,23,25-28,55H2,1-9H3,(H,56,67)(H,57,63)(H,58,64)(H,59,62)(H,60,61)/b12-10+/t31-,32-,39+,40-,42-,44-,45+,46+/m0/s1. The molecule has 3 aromatic rings. The molecule has 0 unspecified atom stereocenters. The molecule has 0 aromatic heterocycles. The number of esters is 2. The van der Waals surface area contributed by atoms with Crippen molar-refractivity contribution < 1.29 is 57.2 Å². The fourth-order valence-electron chi connectivity index (χ4n) is 7.63. The summed E-state index contributed by atoms with van der Waals surface area (Å²) in [5.41, 5.74) is 8.12. The Morgan fingerprint density at radius 2 is 1.56 bits per heavy atom. The maximum atomic E-state index is 13.9. The molecule has 19 heteroatoms. The number of carbonyl (C=O) groups is 7. The molecule has 2 heterocycles. The largest absolute Gasteiger partial charge is 0.495 e. The lowest BCUT2D eigenvalue weighted by molar-refractivity contribution is -0.179. The van der Waals surface area contributed by atoms with E-state index in [2.05, 4.69) is 26.6 Å². The first-order chi connectivity index (χ1) is 34.0. The van der Waals surface area contributed by atoms with Crippen molar-refractivity contribution in [3.05, 3.63) is 106 Å². The summed E-state index contributed by atoms with van der Waals surface area (Å²) < 4.78 is 28.8. The highest BCUT2D eigenvalue weighted by atomic mass is 35.5. The van der Waals surface area contributed by atoms with Crippen LogP contribution in [0, 0.1) is 23.2 Å². The molecule has 5 rings (SSSR count). The number of hydrogen-bond donors (Lipinski definition) is 6. The number of rotatable bonds is 17. The molecule has 72 heavy (non-hydrogen) atoms. The van der Waals surface area contributed by atoms with Crippen molar-refractivity contribution >= 4 is 58.9 Å². The minimum Gasteiger partial charge on any atom is -0.495 e. The molecular weight excluding hydrogens is 948 g/mol. The Bertz CT molecular complexity index is 2430. The van der Waals surface area contributed by atoms with E-state index < -0.39 is 77.4 Å². The van der Waals surface area contributed by atoms with Crippen molar-refractivity contribution in [1.82, 2.24) is 21.3 Å². The Morgan fingerprint density at radius 1 is 0.889 bits per heavy atom. The van der Waals surface area contributed by atoms with Crippen LogP contribution in [0.4, 0.5) is 10.5 Å². The molecule has 0 aliphatic carbocycles. The highest BCUT2D eigenvalue weighted by Crippen LogP contribution is 2.45. The summed E-state index contributed by atoms with van der Waals surface area (Å²) in [4.78, 5) is 92.0. The monoisotopic (exact) mass is 1020 g/mol. The van der Waals surface area contributed by atoms with Gasteiger partial charge in [-0.25, -0.2) is 9.59 Å².